The summed E-state index contributed by atoms with van der Waals surface area (Å²) in [5.41, 5.74) is 15.7. The molecule has 0 radical (unpaired) electrons. The highest BCUT2D eigenvalue weighted by molar-refractivity contribution is 7.26. The van der Waals surface area contributed by atoms with Crippen molar-refractivity contribution < 1.29 is 0 Å². The standard InChI is InChI=1S/C68H55NS/c1-67(2,3)48-41-47(42-49(43-48)68(4,5)6)53-27-15-20-46-21-16-29-59(65(46)53)56-23-9-12-32-62(56)69(63-33-13-10-24-57(63)60-30-18-31-61-58-25-11-14-34-64(58)70-66(60)61)50-38-35-45(36-39-50)52-26-17-28-54-51-22-8-7-19-44(51)37-40-55(52)54/h7-43H,1-6H3. The molecule has 0 unspecified atom stereocenters. The molecule has 0 fully saturated rings. The van der Waals surface area contributed by atoms with Crippen LogP contribution in [0.3, 0.4) is 0 Å². The third-order valence-corrected chi connectivity index (χ3v) is 15.6. The number of nitrogens with zero attached hydrogens (tertiary/aromatic N) is 1. The van der Waals surface area contributed by atoms with Gasteiger partial charge in [-0.1, -0.05) is 236 Å². The van der Waals surface area contributed by atoms with E-state index in [0.717, 1.165) is 17.1 Å². The second-order valence-corrected chi connectivity index (χ2v) is 21.9. The fraction of sp³-hybridized carbons (Fsp3) is 0.118. The third kappa shape index (κ3) is 7.55. The maximum Gasteiger partial charge on any atom is 0.0540 e. The van der Waals surface area contributed by atoms with E-state index >= 15 is 0 Å². The predicted octanol–water partition coefficient (Wildman–Crippen LogP) is 20.2. The van der Waals surface area contributed by atoms with Crippen LogP contribution in [0.15, 0.2) is 224 Å². The summed E-state index contributed by atoms with van der Waals surface area (Å²) in [7, 11) is 0. The maximum absolute atomic E-state index is 2.51. The molecule has 0 aliphatic heterocycles. The molecule has 12 rings (SSSR count). The van der Waals surface area contributed by atoms with Crippen molar-refractivity contribution in [1.29, 1.82) is 0 Å². The number of rotatable bonds is 7. The van der Waals surface area contributed by atoms with Crippen LogP contribution in [0.2, 0.25) is 0 Å². The predicted molar refractivity (Wildman–Crippen MR) is 306 cm³/mol. The molecule has 12 aromatic rings. The van der Waals surface area contributed by atoms with E-state index in [-0.39, 0.29) is 10.8 Å². The lowest BCUT2D eigenvalue weighted by Crippen LogP contribution is -2.16. The van der Waals surface area contributed by atoms with Crippen molar-refractivity contribution in [1.82, 2.24) is 0 Å². The quantitative estimate of drug-likeness (QED) is 0.144. The first-order valence-corrected chi connectivity index (χ1v) is 25.4. The van der Waals surface area contributed by atoms with Crippen molar-refractivity contribution in [3.63, 3.8) is 0 Å². The topological polar surface area (TPSA) is 3.24 Å². The summed E-state index contributed by atoms with van der Waals surface area (Å²) in [5, 5.41) is 10.1. The minimum absolute atomic E-state index is 0.0123. The summed E-state index contributed by atoms with van der Waals surface area (Å²) >= 11 is 1.88. The second-order valence-electron chi connectivity index (χ2n) is 20.9. The van der Waals surface area contributed by atoms with E-state index in [2.05, 4.69) is 271 Å². The zero-order valence-corrected chi connectivity index (χ0v) is 41.5. The van der Waals surface area contributed by atoms with E-state index in [4.69, 9.17) is 0 Å². The van der Waals surface area contributed by atoms with Gasteiger partial charge in [0.2, 0.25) is 0 Å². The van der Waals surface area contributed by atoms with Crippen LogP contribution in [-0.4, -0.2) is 0 Å². The van der Waals surface area contributed by atoms with Crippen molar-refractivity contribution in [2.24, 2.45) is 0 Å². The summed E-state index contributed by atoms with van der Waals surface area (Å²) in [5.74, 6) is 0. The molecule has 0 amide bonds. The molecule has 2 heteroatoms. The molecule has 0 bridgehead atoms. The van der Waals surface area contributed by atoms with Gasteiger partial charge in [-0.25, -0.2) is 0 Å². The molecular formula is C68H55NS. The van der Waals surface area contributed by atoms with Gasteiger partial charge in [0.25, 0.3) is 0 Å². The second kappa shape index (κ2) is 17.0. The van der Waals surface area contributed by atoms with Crippen LogP contribution in [0.1, 0.15) is 52.7 Å². The Hall–Kier alpha value is -7.78. The van der Waals surface area contributed by atoms with Gasteiger partial charge >= 0.3 is 0 Å². The smallest absolute Gasteiger partial charge is 0.0540 e. The zero-order chi connectivity index (χ0) is 47.7. The van der Waals surface area contributed by atoms with Crippen LogP contribution in [0.5, 0.6) is 0 Å². The average molecular weight is 918 g/mol. The largest absolute Gasteiger partial charge is 0.309 e. The summed E-state index contributed by atoms with van der Waals surface area (Å²) in [6.45, 7) is 14.0. The van der Waals surface area contributed by atoms with Gasteiger partial charge in [-0.2, -0.15) is 0 Å². The highest BCUT2D eigenvalue weighted by atomic mass is 32.1. The number of benzene rings is 11. The van der Waals surface area contributed by atoms with Crippen LogP contribution in [0, 0.1) is 0 Å². The third-order valence-electron chi connectivity index (χ3n) is 14.4. The lowest BCUT2D eigenvalue weighted by atomic mass is 9.78. The van der Waals surface area contributed by atoms with Crippen LogP contribution in [0.25, 0.3) is 97.0 Å². The van der Waals surface area contributed by atoms with Gasteiger partial charge in [-0.3, -0.25) is 0 Å². The Morgan fingerprint density at radius 2 is 0.843 bits per heavy atom. The molecule has 0 aliphatic rings. The molecule has 338 valence electrons. The van der Waals surface area contributed by atoms with Gasteiger partial charge in [0.05, 0.1) is 11.4 Å². The average Bonchev–Trinajstić information content (AvgIpc) is 3.77. The molecule has 1 aromatic heterocycles. The molecule has 0 N–H and O–H groups in total. The summed E-state index contributed by atoms with van der Waals surface area (Å²) in [6, 6.07) is 83.9. The minimum atomic E-state index is -0.0123. The van der Waals surface area contributed by atoms with Crippen LogP contribution in [0.4, 0.5) is 17.1 Å². The molecule has 0 saturated heterocycles. The Kier molecular flexibility index (Phi) is 10.6. The Bertz CT molecular complexity index is 3930. The first-order valence-electron chi connectivity index (χ1n) is 24.6. The maximum atomic E-state index is 2.51. The van der Waals surface area contributed by atoms with Crippen molar-refractivity contribution in [3.05, 3.63) is 236 Å². The summed E-state index contributed by atoms with van der Waals surface area (Å²) in [4.78, 5) is 2.51. The number of anilines is 3. The Morgan fingerprint density at radius 1 is 0.329 bits per heavy atom. The lowest BCUT2D eigenvalue weighted by molar-refractivity contribution is 0.569. The molecule has 1 nitrogen and oxygen atoms in total. The number of thiophene rings is 1. The molecule has 0 spiro atoms. The van der Waals surface area contributed by atoms with Gasteiger partial charge in [0.1, 0.15) is 0 Å². The minimum Gasteiger partial charge on any atom is -0.309 e. The number of fused-ring (bicyclic) bond motifs is 7. The number of hydrogen-bond acceptors (Lipinski definition) is 2. The van der Waals surface area contributed by atoms with Crippen LogP contribution >= 0.6 is 11.3 Å². The number of hydrogen-bond donors (Lipinski definition) is 0. The van der Waals surface area contributed by atoms with E-state index < -0.39 is 0 Å². The van der Waals surface area contributed by atoms with Gasteiger partial charge in [-0.05, 0) is 112 Å². The van der Waals surface area contributed by atoms with E-state index in [1.54, 1.807) is 0 Å². The summed E-state index contributed by atoms with van der Waals surface area (Å²) in [6.07, 6.45) is 0. The first kappa shape index (κ1) is 43.5. The lowest BCUT2D eigenvalue weighted by Gasteiger charge is -2.30. The molecule has 0 aliphatic carbocycles. The van der Waals surface area contributed by atoms with Crippen molar-refractivity contribution >= 4 is 80.9 Å². The highest BCUT2D eigenvalue weighted by Gasteiger charge is 2.25. The van der Waals surface area contributed by atoms with E-state index in [1.807, 2.05) is 11.3 Å². The van der Waals surface area contributed by atoms with Crippen molar-refractivity contribution in [2.45, 2.75) is 52.4 Å². The van der Waals surface area contributed by atoms with Crippen molar-refractivity contribution in [3.8, 4) is 44.5 Å². The highest BCUT2D eigenvalue weighted by Crippen LogP contribution is 2.50. The Morgan fingerprint density at radius 3 is 1.54 bits per heavy atom. The molecule has 70 heavy (non-hydrogen) atoms. The number of para-hydroxylation sites is 2. The van der Waals surface area contributed by atoms with E-state index in [0.29, 0.717) is 0 Å². The summed E-state index contributed by atoms with van der Waals surface area (Å²) < 4.78 is 2.60. The Balaban J connectivity index is 1.09. The molecule has 0 atom stereocenters. The van der Waals surface area contributed by atoms with Gasteiger partial charge < -0.3 is 4.90 Å². The van der Waals surface area contributed by atoms with Crippen LogP contribution in [-0.2, 0) is 10.8 Å². The normalized spacial score (nSPS) is 12.1. The SMILES string of the molecule is CC(C)(C)c1cc(-c2cccc3cccc(-c4ccccc4N(c4ccc(-c5cccc6c5ccc5ccccc56)cc4)c4ccccc4-c4cccc5c4sc4ccccc45)c23)cc(C(C)(C)C)c1. The molecule has 11 aromatic carbocycles. The molecular weight excluding hydrogens is 863 g/mol. The van der Waals surface area contributed by atoms with Crippen LogP contribution < -0.4 is 4.90 Å². The molecule has 1 heterocycles. The van der Waals surface area contributed by atoms with E-state index in [1.165, 1.54) is 108 Å². The Labute approximate surface area is 416 Å². The van der Waals surface area contributed by atoms with Gasteiger partial charge in [-0.15, -0.1) is 11.3 Å². The van der Waals surface area contributed by atoms with Crippen molar-refractivity contribution in [2.75, 3.05) is 4.90 Å². The molecule has 0 saturated carbocycles. The fourth-order valence-electron chi connectivity index (χ4n) is 10.7. The first-order chi connectivity index (χ1) is 34.0. The monoisotopic (exact) mass is 917 g/mol. The fourth-order valence-corrected chi connectivity index (χ4v) is 11.9. The van der Waals surface area contributed by atoms with Gasteiger partial charge in [0.15, 0.2) is 0 Å². The van der Waals surface area contributed by atoms with Gasteiger partial charge in [0, 0.05) is 42.6 Å². The zero-order valence-electron chi connectivity index (χ0n) is 40.7. The van der Waals surface area contributed by atoms with E-state index in [9.17, 15) is 0 Å².